The minimum atomic E-state index is 0.869. The summed E-state index contributed by atoms with van der Waals surface area (Å²) in [5.41, 5.74) is 9.02. The molecule has 6 aromatic carbocycles. The topological polar surface area (TPSA) is 29.0 Å². The zero-order chi connectivity index (χ0) is 30.0. The van der Waals surface area contributed by atoms with Gasteiger partial charge in [-0.05, 0) is 92.3 Å². The van der Waals surface area contributed by atoms with E-state index >= 15 is 0 Å². The van der Waals surface area contributed by atoms with Crippen molar-refractivity contribution in [1.29, 1.82) is 0 Å². The van der Waals surface area contributed by atoms with Crippen molar-refractivity contribution >= 4 is 38.7 Å². The van der Waals surface area contributed by atoms with Crippen molar-refractivity contribution in [2.75, 3.05) is 4.90 Å². The molecule has 2 aromatic heterocycles. The van der Waals surface area contributed by atoms with Crippen LogP contribution < -0.4 is 4.90 Å². The molecule has 45 heavy (non-hydrogen) atoms. The van der Waals surface area contributed by atoms with Crippen molar-refractivity contribution in [3.63, 3.8) is 0 Å². The summed E-state index contributed by atoms with van der Waals surface area (Å²) in [6.07, 6.45) is 3.71. The van der Waals surface area contributed by atoms with Crippen molar-refractivity contribution in [1.82, 2.24) is 9.97 Å². The number of aromatic nitrogens is 2. The Balaban J connectivity index is 1.26. The summed E-state index contributed by atoms with van der Waals surface area (Å²) in [4.78, 5) is 11.7. The summed E-state index contributed by atoms with van der Waals surface area (Å²) in [6.45, 7) is 0. The van der Waals surface area contributed by atoms with E-state index in [2.05, 4.69) is 144 Å². The summed E-state index contributed by atoms with van der Waals surface area (Å²) in [5.74, 6) is 0.869. The van der Waals surface area contributed by atoms with E-state index in [0.29, 0.717) is 0 Å². The molecule has 8 rings (SSSR count). The molecule has 0 bridgehead atoms. The Hall–Kier alpha value is -6.06. The van der Waals surface area contributed by atoms with Gasteiger partial charge in [0.1, 0.15) is 5.82 Å². The maximum absolute atomic E-state index is 4.75. The van der Waals surface area contributed by atoms with Crippen molar-refractivity contribution in [2.45, 2.75) is 0 Å². The third-order valence-corrected chi connectivity index (χ3v) is 8.38. The van der Waals surface area contributed by atoms with Crippen LogP contribution in [0.2, 0.25) is 0 Å². The van der Waals surface area contributed by atoms with Crippen molar-refractivity contribution < 1.29 is 0 Å². The Kier molecular flexibility index (Phi) is 6.82. The third-order valence-electron chi connectivity index (χ3n) is 8.38. The molecule has 0 radical (unpaired) electrons. The van der Waals surface area contributed by atoms with Crippen molar-refractivity contribution in [3.8, 4) is 33.5 Å². The lowest BCUT2D eigenvalue weighted by atomic mass is 9.87. The number of anilines is 3. The molecule has 0 aliphatic rings. The van der Waals surface area contributed by atoms with Crippen molar-refractivity contribution in [2.24, 2.45) is 0 Å². The molecule has 0 saturated carbocycles. The van der Waals surface area contributed by atoms with Gasteiger partial charge in [-0.2, -0.15) is 0 Å². The molecular formula is C42H29N3. The molecule has 0 spiro atoms. The number of pyridine rings is 2. The molecule has 0 N–H and O–H groups in total. The van der Waals surface area contributed by atoms with E-state index in [4.69, 9.17) is 9.97 Å². The van der Waals surface area contributed by atoms with E-state index < -0.39 is 0 Å². The van der Waals surface area contributed by atoms with Crippen LogP contribution in [-0.4, -0.2) is 9.97 Å². The molecule has 0 saturated heterocycles. The number of rotatable bonds is 6. The molecule has 2 heterocycles. The van der Waals surface area contributed by atoms with E-state index in [1.165, 1.54) is 49.4 Å². The Bertz CT molecular complexity index is 2170. The number of nitrogens with zero attached hydrogens (tertiary/aromatic N) is 3. The smallest absolute Gasteiger partial charge is 0.137 e. The molecule has 8 aromatic rings. The molecule has 0 aliphatic carbocycles. The molecule has 0 atom stereocenters. The molecule has 212 valence electrons. The largest absolute Gasteiger partial charge is 0.295 e. The second kappa shape index (κ2) is 11.6. The summed E-state index contributed by atoms with van der Waals surface area (Å²) in [5, 5.41) is 4.82. The second-order valence-corrected chi connectivity index (χ2v) is 11.0. The van der Waals surface area contributed by atoms with Crippen LogP contribution in [0.25, 0.3) is 55.1 Å². The third kappa shape index (κ3) is 4.91. The van der Waals surface area contributed by atoms with Crippen LogP contribution in [-0.2, 0) is 0 Å². The van der Waals surface area contributed by atoms with Gasteiger partial charge in [0.2, 0.25) is 0 Å². The highest BCUT2D eigenvalue weighted by Gasteiger charge is 2.18. The normalized spacial score (nSPS) is 11.1. The highest BCUT2D eigenvalue weighted by Crippen LogP contribution is 2.44. The highest BCUT2D eigenvalue weighted by molar-refractivity contribution is 6.21. The minimum absolute atomic E-state index is 0.869. The number of benzene rings is 6. The quantitative estimate of drug-likeness (QED) is 0.185. The first-order valence-corrected chi connectivity index (χ1v) is 15.2. The van der Waals surface area contributed by atoms with Gasteiger partial charge in [0.25, 0.3) is 0 Å². The fraction of sp³-hybridized carbons (Fsp3) is 0. The number of hydrogen-bond donors (Lipinski definition) is 0. The lowest BCUT2D eigenvalue weighted by Crippen LogP contribution is -2.11. The molecule has 0 fully saturated rings. The number of hydrogen-bond acceptors (Lipinski definition) is 3. The summed E-state index contributed by atoms with van der Waals surface area (Å²) >= 11 is 0. The fourth-order valence-electron chi connectivity index (χ4n) is 6.34. The van der Waals surface area contributed by atoms with Crippen LogP contribution in [0.5, 0.6) is 0 Å². The monoisotopic (exact) mass is 575 g/mol. The van der Waals surface area contributed by atoms with E-state index in [1.54, 1.807) is 0 Å². The maximum Gasteiger partial charge on any atom is 0.137 e. The van der Waals surface area contributed by atoms with Gasteiger partial charge in [0, 0.05) is 29.3 Å². The van der Waals surface area contributed by atoms with E-state index in [1.807, 2.05) is 36.7 Å². The molecule has 3 heteroatoms. The summed E-state index contributed by atoms with van der Waals surface area (Å²) in [7, 11) is 0. The highest BCUT2D eigenvalue weighted by atomic mass is 15.2. The van der Waals surface area contributed by atoms with Gasteiger partial charge >= 0.3 is 0 Å². The van der Waals surface area contributed by atoms with Gasteiger partial charge in [-0.25, -0.2) is 4.98 Å². The van der Waals surface area contributed by atoms with Crippen LogP contribution in [0, 0.1) is 0 Å². The molecule has 3 nitrogen and oxygen atoms in total. The van der Waals surface area contributed by atoms with E-state index in [0.717, 1.165) is 22.9 Å². The van der Waals surface area contributed by atoms with Crippen LogP contribution in [0.1, 0.15) is 0 Å². The minimum Gasteiger partial charge on any atom is -0.295 e. The van der Waals surface area contributed by atoms with Gasteiger partial charge in [0.15, 0.2) is 0 Å². The molecular weight excluding hydrogens is 546 g/mol. The van der Waals surface area contributed by atoms with Gasteiger partial charge in [0.05, 0.1) is 5.69 Å². The average Bonchev–Trinajstić information content (AvgIpc) is 3.12. The van der Waals surface area contributed by atoms with Crippen molar-refractivity contribution in [3.05, 3.63) is 176 Å². The maximum atomic E-state index is 4.75. The first-order valence-electron chi connectivity index (χ1n) is 15.2. The average molecular weight is 576 g/mol. The van der Waals surface area contributed by atoms with Crippen LogP contribution in [0.15, 0.2) is 176 Å². The van der Waals surface area contributed by atoms with Crippen LogP contribution in [0.3, 0.4) is 0 Å². The Morgan fingerprint density at radius 3 is 1.33 bits per heavy atom. The zero-order valence-electron chi connectivity index (χ0n) is 24.6. The Morgan fingerprint density at radius 1 is 0.333 bits per heavy atom. The molecule has 0 amide bonds. The SMILES string of the molecule is c1ccc(-c2ccc(N(c3ccc(-c4c5ccccc5c(-c5ccccn5)c5ccccc45)cc3)c3ccccn3)cc2)cc1. The van der Waals surface area contributed by atoms with E-state index in [9.17, 15) is 0 Å². The first-order chi connectivity index (χ1) is 22.3. The standard InChI is InChI=1S/C42H29N3/c1-2-12-30(13-3-1)31-20-24-33(25-21-31)45(40-19-9-11-29-44-40)34-26-22-32(23-27-34)41-35-14-4-6-16-37(35)42(39-18-8-10-28-43-39)38-17-7-5-15-36(38)41/h1-29H. The lowest BCUT2D eigenvalue weighted by Gasteiger charge is -2.25. The summed E-state index contributed by atoms with van der Waals surface area (Å²) < 4.78 is 0. The van der Waals surface area contributed by atoms with Gasteiger partial charge in [-0.15, -0.1) is 0 Å². The lowest BCUT2D eigenvalue weighted by molar-refractivity contribution is 1.18. The van der Waals surface area contributed by atoms with Crippen LogP contribution >= 0.6 is 0 Å². The molecule has 0 unspecified atom stereocenters. The fourth-order valence-corrected chi connectivity index (χ4v) is 6.34. The summed E-state index contributed by atoms with van der Waals surface area (Å²) in [6, 6.07) is 57.6. The van der Waals surface area contributed by atoms with E-state index in [-0.39, 0.29) is 0 Å². The van der Waals surface area contributed by atoms with Crippen LogP contribution in [0.4, 0.5) is 17.2 Å². The zero-order valence-corrected chi connectivity index (χ0v) is 24.6. The second-order valence-electron chi connectivity index (χ2n) is 11.0. The van der Waals surface area contributed by atoms with Gasteiger partial charge < -0.3 is 0 Å². The number of fused-ring (bicyclic) bond motifs is 2. The molecule has 0 aliphatic heterocycles. The Labute approximate surface area is 262 Å². The predicted octanol–water partition coefficient (Wildman–Crippen LogP) is 11.3. The Morgan fingerprint density at radius 2 is 0.800 bits per heavy atom. The predicted molar refractivity (Wildman–Crippen MR) is 188 cm³/mol. The first kappa shape index (κ1) is 26.6. The van der Waals surface area contributed by atoms with Gasteiger partial charge in [-0.3, -0.25) is 9.88 Å². The van der Waals surface area contributed by atoms with Gasteiger partial charge in [-0.1, -0.05) is 115 Å².